The van der Waals surface area contributed by atoms with Crippen molar-refractivity contribution in [2.75, 3.05) is 4.90 Å². The maximum atomic E-state index is 13.1. The fraction of sp³-hybridized carbons (Fsp3) is 0.300. The van der Waals surface area contributed by atoms with Gasteiger partial charge in [-0.3, -0.25) is 9.59 Å². The van der Waals surface area contributed by atoms with Crippen molar-refractivity contribution >= 4 is 33.3 Å². The Morgan fingerprint density at radius 3 is 2.17 bits per heavy atom. The molecule has 24 heavy (non-hydrogen) atoms. The lowest BCUT2D eigenvalue weighted by atomic mass is 9.60. The summed E-state index contributed by atoms with van der Waals surface area (Å²) in [5, 5.41) is 0. The number of halogens is 1. The van der Waals surface area contributed by atoms with Crippen LogP contribution < -0.4 is 4.90 Å². The second kappa shape index (κ2) is 5.85. The second-order valence-corrected chi connectivity index (χ2v) is 7.58. The number of nitrogens with zero attached hydrogens (tertiary/aromatic N) is 1. The highest BCUT2D eigenvalue weighted by atomic mass is 79.9. The first-order valence-electron chi connectivity index (χ1n) is 8.28. The Hall–Kier alpha value is -1.94. The van der Waals surface area contributed by atoms with Crippen LogP contribution in [0.25, 0.3) is 0 Å². The summed E-state index contributed by atoms with van der Waals surface area (Å²) in [5.41, 5.74) is 1.64. The van der Waals surface area contributed by atoms with E-state index in [4.69, 9.17) is 0 Å². The van der Waals surface area contributed by atoms with Crippen LogP contribution in [0, 0.1) is 5.41 Å². The molecule has 1 aliphatic heterocycles. The predicted molar refractivity (Wildman–Crippen MR) is 96.7 cm³/mol. The molecule has 0 radical (unpaired) electrons. The average Bonchev–Trinajstić information content (AvgIpc) is 2.62. The Balaban J connectivity index is 1.76. The van der Waals surface area contributed by atoms with Crippen molar-refractivity contribution in [2.24, 2.45) is 5.41 Å². The van der Waals surface area contributed by atoms with E-state index >= 15 is 0 Å². The van der Waals surface area contributed by atoms with E-state index in [1.165, 1.54) is 0 Å². The smallest absolute Gasteiger partial charge is 0.236 e. The zero-order valence-corrected chi connectivity index (χ0v) is 14.8. The standard InChI is InChI=1S/C20H18BrNO2/c21-15-8-6-14(7-9-15)18-20(12-10-17(23)11-13-20)19(24)22(18)16-4-2-1-3-5-16/h1-9,18H,10-13H2/t18-/m1/s1. The number of ketones is 1. The summed E-state index contributed by atoms with van der Waals surface area (Å²) in [6.07, 6.45) is 2.35. The van der Waals surface area contributed by atoms with E-state index in [1.807, 2.05) is 47.4 Å². The summed E-state index contributed by atoms with van der Waals surface area (Å²) in [6, 6.07) is 18.0. The Kier molecular flexibility index (Phi) is 3.80. The van der Waals surface area contributed by atoms with Gasteiger partial charge in [-0.2, -0.15) is 0 Å². The number of hydrogen-bond acceptors (Lipinski definition) is 2. The summed E-state index contributed by atoms with van der Waals surface area (Å²) in [7, 11) is 0. The Morgan fingerprint density at radius 1 is 0.917 bits per heavy atom. The Bertz CT molecular complexity index is 775. The van der Waals surface area contributed by atoms with Crippen LogP contribution in [0.3, 0.4) is 0 Å². The van der Waals surface area contributed by atoms with Crippen molar-refractivity contribution in [3.05, 3.63) is 64.6 Å². The van der Waals surface area contributed by atoms with Crippen LogP contribution in [0.1, 0.15) is 37.3 Å². The molecule has 0 bridgehead atoms. The first-order valence-corrected chi connectivity index (χ1v) is 9.07. The van der Waals surface area contributed by atoms with E-state index in [2.05, 4.69) is 28.1 Å². The number of hydrogen-bond donors (Lipinski definition) is 0. The highest BCUT2D eigenvalue weighted by Crippen LogP contribution is 2.58. The van der Waals surface area contributed by atoms with Crippen LogP contribution in [0.4, 0.5) is 5.69 Å². The van der Waals surface area contributed by atoms with Crippen LogP contribution in [0.2, 0.25) is 0 Å². The minimum Gasteiger partial charge on any atom is -0.303 e. The lowest BCUT2D eigenvalue weighted by molar-refractivity contribution is -0.145. The SMILES string of the molecule is O=C1CCC2(CC1)C(=O)N(c1ccccc1)[C@@H]2c1ccc(Br)cc1. The fourth-order valence-electron chi connectivity index (χ4n) is 4.09. The molecule has 1 heterocycles. The molecule has 2 aliphatic rings. The zero-order chi connectivity index (χ0) is 16.7. The minimum atomic E-state index is -0.419. The van der Waals surface area contributed by atoms with E-state index in [0.29, 0.717) is 25.7 Å². The molecule has 1 amide bonds. The topological polar surface area (TPSA) is 37.4 Å². The number of benzene rings is 2. The van der Waals surface area contributed by atoms with E-state index in [-0.39, 0.29) is 17.7 Å². The van der Waals surface area contributed by atoms with Crippen LogP contribution in [-0.2, 0) is 9.59 Å². The van der Waals surface area contributed by atoms with Gasteiger partial charge < -0.3 is 4.90 Å². The third-order valence-corrected chi connectivity index (χ3v) is 5.88. The molecular weight excluding hydrogens is 366 g/mol. The highest BCUT2D eigenvalue weighted by molar-refractivity contribution is 9.10. The normalized spacial score (nSPS) is 22.5. The van der Waals surface area contributed by atoms with Crippen LogP contribution in [0.15, 0.2) is 59.1 Å². The molecule has 1 aliphatic carbocycles. The largest absolute Gasteiger partial charge is 0.303 e. The first-order chi connectivity index (χ1) is 11.6. The molecule has 4 rings (SSSR count). The monoisotopic (exact) mass is 383 g/mol. The van der Waals surface area contributed by atoms with E-state index in [1.54, 1.807) is 0 Å². The maximum Gasteiger partial charge on any atom is 0.236 e. The molecule has 2 aromatic rings. The summed E-state index contributed by atoms with van der Waals surface area (Å²) < 4.78 is 1.02. The number of carbonyl (C=O) groups excluding carboxylic acids is 2. The fourth-order valence-corrected chi connectivity index (χ4v) is 4.35. The molecule has 1 atom stereocenters. The molecule has 0 N–H and O–H groups in total. The van der Waals surface area contributed by atoms with Crippen molar-refractivity contribution in [3.8, 4) is 0 Å². The summed E-state index contributed by atoms with van der Waals surface area (Å²) in [5.74, 6) is 0.440. The van der Waals surface area contributed by atoms with Crippen molar-refractivity contribution in [3.63, 3.8) is 0 Å². The van der Waals surface area contributed by atoms with Crippen molar-refractivity contribution < 1.29 is 9.59 Å². The van der Waals surface area contributed by atoms with Gasteiger partial charge in [0.15, 0.2) is 0 Å². The minimum absolute atomic E-state index is 0.00796. The van der Waals surface area contributed by atoms with Crippen molar-refractivity contribution in [1.29, 1.82) is 0 Å². The number of β-lactam (4-membered cyclic amide) rings is 1. The third-order valence-electron chi connectivity index (χ3n) is 5.35. The van der Waals surface area contributed by atoms with E-state index in [9.17, 15) is 9.59 Å². The molecule has 3 nitrogen and oxygen atoms in total. The number of anilines is 1. The molecule has 4 heteroatoms. The third kappa shape index (κ3) is 2.32. The number of Topliss-reactive ketones (excluding diaryl/α,β-unsaturated/α-hetero) is 1. The predicted octanol–water partition coefficient (Wildman–Crippen LogP) is 4.67. The molecule has 1 saturated carbocycles. The van der Waals surface area contributed by atoms with Crippen molar-refractivity contribution in [1.82, 2.24) is 0 Å². The van der Waals surface area contributed by atoms with Gasteiger partial charge in [-0.05, 0) is 42.7 Å². The molecule has 122 valence electrons. The molecule has 0 aromatic heterocycles. The number of para-hydroxylation sites is 1. The number of amides is 1. The Morgan fingerprint density at radius 2 is 1.54 bits per heavy atom. The average molecular weight is 384 g/mol. The van der Waals surface area contributed by atoms with E-state index < -0.39 is 5.41 Å². The summed E-state index contributed by atoms with van der Waals surface area (Å²) in [6.45, 7) is 0. The van der Waals surface area contributed by atoms with Crippen LogP contribution in [-0.4, -0.2) is 11.7 Å². The van der Waals surface area contributed by atoms with Gasteiger partial charge in [-0.15, -0.1) is 0 Å². The van der Waals surface area contributed by atoms with Gasteiger partial charge in [0.2, 0.25) is 5.91 Å². The van der Waals surface area contributed by atoms with Crippen LogP contribution >= 0.6 is 15.9 Å². The first kappa shape index (κ1) is 15.6. The van der Waals surface area contributed by atoms with Gasteiger partial charge in [0, 0.05) is 23.0 Å². The molecule has 1 spiro atoms. The Labute approximate surface area is 149 Å². The van der Waals surface area contributed by atoms with Crippen LogP contribution in [0.5, 0.6) is 0 Å². The highest BCUT2D eigenvalue weighted by Gasteiger charge is 2.61. The van der Waals surface area contributed by atoms with Gasteiger partial charge >= 0.3 is 0 Å². The zero-order valence-electron chi connectivity index (χ0n) is 13.2. The van der Waals surface area contributed by atoms with E-state index in [0.717, 1.165) is 15.7 Å². The van der Waals surface area contributed by atoms with Crippen molar-refractivity contribution in [2.45, 2.75) is 31.7 Å². The van der Waals surface area contributed by atoms with Gasteiger partial charge in [0.25, 0.3) is 0 Å². The second-order valence-electron chi connectivity index (χ2n) is 6.66. The maximum absolute atomic E-state index is 13.1. The molecular formula is C20H18BrNO2. The molecule has 2 aromatic carbocycles. The van der Waals surface area contributed by atoms with Gasteiger partial charge in [0.05, 0.1) is 11.5 Å². The lowest BCUT2D eigenvalue weighted by Gasteiger charge is -2.57. The van der Waals surface area contributed by atoms with Gasteiger partial charge in [0.1, 0.15) is 5.78 Å². The quantitative estimate of drug-likeness (QED) is 0.706. The number of rotatable bonds is 2. The number of carbonyl (C=O) groups is 2. The molecule has 0 unspecified atom stereocenters. The summed E-state index contributed by atoms with van der Waals surface area (Å²) >= 11 is 3.48. The molecule has 1 saturated heterocycles. The molecule has 2 fully saturated rings. The van der Waals surface area contributed by atoms with Gasteiger partial charge in [-0.25, -0.2) is 0 Å². The lowest BCUT2D eigenvalue weighted by Crippen LogP contribution is -2.64. The summed E-state index contributed by atoms with van der Waals surface area (Å²) in [4.78, 5) is 26.7. The van der Waals surface area contributed by atoms with Gasteiger partial charge in [-0.1, -0.05) is 46.3 Å².